The molecule has 4 rings (SSSR count). The SMILES string of the molecule is Cc1cccc(N2CCN(CCCCCN3C(=O)c4ccccc4C3=O)CC2)c1. The van der Waals surface area contributed by atoms with Gasteiger partial charge in [0.05, 0.1) is 11.1 Å². The lowest BCUT2D eigenvalue weighted by Crippen LogP contribution is -2.46. The zero-order valence-corrected chi connectivity index (χ0v) is 17.1. The van der Waals surface area contributed by atoms with Crippen molar-refractivity contribution in [2.45, 2.75) is 26.2 Å². The number of unbranched alkanes of at least 4 members (excludes halogenated alkanes) is 2. The molecule has 2 aromatic rings. The maximum atomic E-state index is 12.4. The summed E-state index contributed by atoms with van der Waals surface area (Å²) in [5, 5.41) is 0. The van der Waals surface area contributed by atoms with E-state index in [1.165, 1.54) is 16.2 Å². The summed E-state index contributed by atoms with van der Waals surface area (Å²) < 4.78 is 0. The molecule has 5 heteroatoms. The summed E-state index contributed by atoms with van der Waals surface area (Å²) in [6.07, 6.45) is 3.01. The molecule has 2 aromatic carbocycles. The van der Waals surface area contributed by atoms with Crippen molar-refractivity contribution < 1.29 is 9.59 Å². The summed E-state index contributed by atoms with van der Waals surface area (Å²) in [6, 6.07) is 15.8. The Morgan fingerprint density at radius 2 is 1.41 bits per heavy atom. The normalized spacial score (nSPS) is 17.1. The number of aryl methyl sites for hydroxylation is 1. The van der Waals surface area contributed by atoms with Gasteiger partial charge in [-0.2, -0.15) is 0 Å². The number of piperazine rings is 1. The van der Waals surface area contributed by atoms with Gasteiger partial charge >= 0.3 is 0 Å². The van der Waals surface area contributed by atoms with Gasteiger partial charge in [-0.25, -0.2) is 0 Å². The molecule has 1 fully saturated rings. The summed E-state index contributed by atoms with van der Waals surface area (Å²) in [4.78, 5) is 31.2. The fourth-order valence-corrected chi connectivity index (χ4v) is 4.28. The van der Waals surface area contributed by atoms with E-state index in [0.29, 0.717) is 17.7 Å². The summed E-state index contributed by atoms with van der Waals surface area (Å²) >= 11 is 0. The lowest BCUT2D eigenvalue weighted by molar-refractivity contribution is 0.0651. The van der Waals surface area contributed by atoms with Gasteiger partial charge in [0.2, 0.25) is 0 Å². The summed E-state index contributed by atoms with van der Waals surface area (Å²) in [7, 11) is 0. The Balaban J connectivity index is 1.15. The Labute approximate surface area is 172 Å². The van der Waals surface area contributed by atoms with E-state index in [0.717, 1.165) is 52.0 Å². The maximum absolute atomic E-state index is 12.4. The molecule has 0 N–H and O–H groups in total. The van der Waals surface area contributed by atoms with Crippen LogP contribution in [0, 0.1) is 6.92 Å². The van der Waals surface area contributed by atoms with Gasteiger partial charge in [0.1, 0.15) is 0 Å². The van der Waals surface area contributed by atoms with Crippen LogP contribution in [0.25, 0.3) is 0 Å². The Morgan fingerprint density at radius 3 is 2.07 bits per heavy atom. The minimum absolute atomic E-state index is 0.141. The van der Waals surface area contributed by atoms with Crippen LogP contribution in [0.15, 0.2) is 48.5 Å². The molecule has 2 amide bonds. The zero-order valence-electron chi connectivity index (χ0n) is 17.1. The molecule has 0 radical (unpaired) electrons. The van der Waals surface area contributed by atoms with E-state index in [-0.39, 0.29) is 11.8 Å². The van der Waals surface area contributed by atoms with E-state index in [2.05, 4.69) is 41.0 Å². The molecular weight excluding hydrogens is 362 g/mol. The van der Waals surface area contributed by atoms with Crippen molar-refractivity contribution in [3.05, 3.63) is 65.2 Å². The number of hydrogen-bond donors (Lipinski definition) is 0. The molecule has 2 heterocycles. The Morgan fingerprint density at radius 1 is 0.759 bits per heavy atom. The van der Waals surface area contributed by atoms with Crippen LogP contribution in [0.2, 0.25) is 0 Å². The van der Waals surface area contributed by atoms with Gasteiger partial charge in [0.25, 0.3) is 11.8 Å². The van der Waals surface area contributed by atoms with Gasteiger partial charge in [-0.1, -0.05) is 30.7 Å². The van der Waals surface area contributed by atoms with Crippen LogP contribution in [-0.2, 0) is 0 Å². The van der Waals surface area contributed by atoms with E-state index in [1.807, 2.05) is 12.1 Å². The number of fused-ring (bicyclic) bond motifs is 1. The second kappa shape index (κ2) is 8.78. The second-order valence-corrected chi connectivity index (χ2v) is 8.04. The number of imide groups is 1. The highest BCUT2D eigenvalue weighted by Gasteiger charge is 2.34. The van der Waals surface area contributed by atoms with Crippen LogP contribution < -0.4 is 4.90 Å². The average Bonchev–Trinajstić information content (AvgIpc) is 2.99. The van der Waals surface area contributed by atoms with Crippen molar-refractivity contribution >= 4 is 17.5 Å². The van der Waals surface area contributed by atoms with Gasteiger partial charge in [0, 0.05) is 38.4 Å². The fourth-order valence-electron chi connectivity index (χ4n) is 4.28. The molecule has 0 bridgehead atoms. The van der Waals surface area contributed by atoms with Crippen molar-refractivity contribution in [1.82, 2.24) is 9.80 Å². The van der Waals surface area contributed by atoms with Gasteiger partial charge in [-0.3, -0.25) is 19.4 Å². The minimum Gasteiger partial charge on any atom is -0.369 e. The fraction of sp³-hybridized carbons (Fsp3) is 0.417. The Kier molecular flexibility index (Phi) is 5.95. The first-order chi connectivity index (χ1) is 14.1. The van der Waals surface area contributed by atoms with Crippen molar-refractivity contribution in [3.8, 4) is 0 Å². The zero-order chi connectivity index (χ0) is 20.2. The Bertz CT molecular complexity index is 852. The van der Waals surface area contributed by atoms with Gasteiger partial charge in [0.15, 0.2) is 0 Å². The van der Waals surface area contributed by atoms with Gasteiger partial charge < -0.3 is 4.90 Å². The highest BCUT2D eigenvalue weighted by atomic mass is 16.2. The number of carbonyl (C=O) groups excluding carboxylic acids is 2. The van der Waals surface area contributed by atoms with E-state index in [4.69, 9.17) is 0 Å². The number of benzene rings is 2. The molecule has 0 atom stereocenters. The topological polar surface area (TPSA) is 43.9 Å². The highest BCUT2D eigenvalue weighted by Crippen LogP contribution is 2.23. The van der Waals surface area contributed by atoms with Crippen LogP contribution in [-0.4, -0.2) is 60.9 Å². The smallest absolute Gasteiger partial charge is 0.261 e. The number of nitrogens with zero attached hydrogens (tertiary/aromatic N) is 3. The first kappa shape index (κ1) is 19.6. The lowest BCUT2D eigenvalue weighted by atomic mass is 10.1. The van der Waals surface area contributed by atoms with Gasteiger partial charge in [-0.05, 0) is 56.1 Å². The van der Waals surface area contributed by atoms with Crippen molar-refractivity contribution in [1.29, 1.82) is 0 Å². The van der Waals surface area contributed by atoms with Crippen LogP contribution in [0.5, 0.6) is 0 Å². The Hall–Kier alpha value is -2.66. The molecule has 152 valence electrons. The number of carbonyl (C=O) groups is 2. The molecule has 0 spiro atoms. The quantitative estimate of drug-likeness (QED) is 0.535. The summed E-state index contributed by atoms with van der Waals surface area (Å²) in [5.74, 6) is -0.282. The third-order valence-electron chi connectivity index (χ3n) is 5.97. The van der Waals surface area contributed by atoms with Crippen LogP contribution in [0.3, 0.4) is 0 Å². The number of rotatable bonds is 7. The monoisotopic (exact) mass is 391 g/mol. The average molecular weight is 392 g/mol. The van der Waals surface area contributed by atoms with Gasteiger partial charge in [-0.15, -0.1) is 0 Å². The van der Waals surface area contributed by atoms with Crippen LogP contribution >= 0.6 is 0 Å². The van der Waals surface area contributed by atoms with Crippen LogP contribution in [0.4, 0.5) is 5.69 Å². The molecule has 2 aliphatic rings. The van der Waals surface area contributed by atoms with Crippen LogP contribution in [0.1, 0.15) is 45.5 Å². The molecule has 0 aliphatic carbocycles. The molecular formula is C24H29N3O2. The third kappa shape index (κ3) is 4.35. The second-order valence-electron chi connectivity index (χ2n) is 8.04. The van der Waals surface area contributed by atoms with E-state index in [9.17, 15) is 9.59 Å². The molecule has 2 aliphatic heterocycles. The molecule has 0 unspecified atom stereocenters. The predicted octanol–water partition coefficient (Wildman–Crippen LogP) is 3.58. The molecule has 1 saturated heterocycles. The standard InChI is InChI=1S/C24H29N3O2/c1-19-8-7-9-20(18-19)26-16-14-25(15-17-26)12-5-2-6-13-27-23(28)21-10-3-4-11-22(21)24(27)29/h3-4,7-11,18H,2,5-6,12-17H2,1H3. The maximum Gasteiger partial charge on any atom is 0.261 e. The lowest BCUT2D eigenvalue weighted by Gasteiger charge is -2.36. The molecule has 0 saturated carbocycles. The first-order valence-corrected chi connectivity index (χ1v) is 10.6. The molecule has 5 nitrogen and oxygen atoms in total. The third-order valence-corrected chi connectivity index (χ3v) is 5.97. The van der Waals surface area contributed by atoms with Crippen molar-refractivity contribution in [3.63, 3.8) is 0 Å². The number of amides is 2. The predicted molar refractivity (Wildman–Crippen MR) is 115 cm³/mol. The van der Waals surface area contributed by atoms with E-state index in [1.54, 1.807) is 12.1 Å². The first-order valence-electron chi connectivity index (χ1n) is 10.6. The van der Waals surface area contributed by atoms with Crippen molar-refractivity contribution in [2.75, 3.05) is 44.2 Å². The summed E-state index contributed by atoms with van der Waals surface area (Å²) in [6.45, 7) is 8.06. The molecule has 29 heavy (non-hydrogen) atoms. The highest BCUT2D eigenvalue weighted by molar-refractivity contribution is 6.21. The van der Waals surface area contributed by atoms with Crippen molar-refractivity contribution in [2.24, 2.45) is 0 Å². The number of hydrogen-bond acceptors (Lipinski definition) is 4. The largest absolute Gasteiger partial charge is 0.369 e. The van der Waals surface area contributed by atoms with E-state index < -0.39 is 0 Å². The van der Waals surface area contributed by atoms with E-state index >= 15 is 0 Å². The number of anilines is 1. The minimum atomic E-state index is -0.141. The molecule has 0 aromatic heterocycles. The summed E-state index contributed by atoms with van der Waals surface area (Å²) in [5.41, 5.74) is 3.72.